The number of rotatable bonds is 9. The summed E-state index contributed by atoms with van der Waals surface area (Å²) in [5, 5.41) is 17.5. The van der Waals surface area contributed by atoms with Gasteiger partial charge in [-0.15, -0.1) is 0 Å². The maximum atomic E-state index is 13.7. The highest BCUT2D eigenvalue weighted by Gasteiger charge is 2.36. The Hall–Kier alpha value is -2.35. The van der Waals surface area contributed by atoms with Gasteiger partial charge in [0.25, 0.3) is 0 Å². The van der Waals surface area contributed by atoms with Crippen LogP contribution in [0.25, 0.3) is 0 Å². The van der Waals surface area contributed by atoms with Gasteiger partial charge in [-0.3, -0.25) is 4.79 Å². The minimum atomic E-state index is -0.976. The molecule has 0 saturated carbocycles. The molecular formula is C29H40F2N2O3. The smallest absolute Gasteiger partial charge is 0.217 e. The van der Waals surface area contributed by atoms with Crippen LogP contribution in [0.4, 0.5) is 8.78 Å². The summed E-state index contributed by atoms with van der Waals surface area (Å²) in [6, 6.07) is 9.30. The average molecular weight is 503 g/mol. The highest BCUT2D eigenvalue weighted by Crippen LogP contribution is 2.36. The molecule has 2 aromatic rings. The number of hydrogen-bond donors (Lipinski definition) is 3. The molecule has 0 spiro atoms. The van der Waals surface area contributed by atoms with Gasteiger partial charge in [0.05, 0.1) is 12.1 Å². The fourth-order valence-corrected chi connectivity index (χ4v) is 4.86. The highest BCUT2D eigenvalue weighted by atomic mass is 19.1. The Labute approximate surface area is 213 Å². The van der Waals surface area contributed by atoms with Gasteiger partial charge >= 0.3 is 0 Å². The van der Waals surface area contributed by atoms with Gasteiger partial charge in [0.15, 0.2) is 0 Å². The molecule has 3 rings (SSSR count). The van der Waals surface area contributed by atoms with Gasteiger partial charge in [-0.05, 0) is 65.5 Å². The minimum absolute atomic E-state index is 0.0114. The molecule has 2 unspecified atom stereocenters. The molecule has 5 nitrogen and oxygen atoms in total. The Kier molecular flexibility index (Phi) is 9.25. The summed E-state index contributed by atoms with van der Waals surface area (Å²) in [7, 11) is 0. The molecule has 7 heteroatoms. The average Bonchev–Trinajstić information content (AvgIpc) is 2.81. The molecule has 0 aliphatic carbocycles. The first-order valence-corrected chi connectivity index (χ1v) is 12.8. The van der Waals surface area contributed by atoms with E-state index in [-0.39, 0.29) is 24.3 Å². The predicted molar refractivity (Wildman–Crippen MR) is 138 cm³/mol. The molecule has 36 heavy (non-hydrogen) atoms. The van der Waals surface area contributed by atoms with Crippen LogP contribution < -0.4 is 10.6 Å². The number of halogens is 2. The third kappa shape index (κ3) is 7.34. The van der Waals surface area contributed by atoms with E-state index in [0.29, 0.717) is 18.8 Å². The first-order valence-electron chi connectivity index (χ1n) is 12.8. The Morgan fingerprint density at radius 2 is 1.69 bits per heavy atom. The van der Waals surface area contributed by atoms with E-state index < -0.39 is 29.3 Å². The van der Waals surface area contributed by atoms with Crippen LogP contribution in [0.3, 0.4) is 0 Å². The fraction of sp³-hybridized carbons (Fsp3) is 0.552. The molecule has 1 aliphatic rings. The summed E-state index contributed by atoms with van der Waals surface area (Å²) in [5.74, 6) is -1.70. The van der Waals surface area contributed by atoms with Gasteiger partial charge < -0.3 is 20.5 Å². The zero-order valence-corrected chi connectivity index (χ0v) is 22.1. The molecule has 3 N–H and O–H groups in total. The quantitative estimate of drug-likeness (QED) is 0.471. The van der Waals surface area contributed by atoms with Gasteiger partial charge in [0.2, 0.25) is 5.91 Å². The molecule has 0 radical (unpaired) electrons. The van der Waals surface area contributed by atoms with Crippen LogP contribution >= 0.6 is 0 Å². The van der Waals surface area contributed by atoms with Crippen LogP contribution in [0, 0.1) is 11.6 Å². The predicted octanol–water partition coefficient (Wildman–Crippen LogP) is 4.53. The van der Waals surface area contributed by atoms with E-state index in [9.17, 15) is 18.7 Å². The minimum Gasteiger partial charge on any atom is -0.390 e. The second kappa shape index (κ2) is 11.8. The Morgan fingerprint density at radius 1 is 1.06 bits per heavy atom. The van der Waals surface area contributed by atoms with Gasteiger partial charge in [0, 0.05) is 38.3 Å². The van der Waals surface area contributed by atoms with Crippen molar-refractivity contribution in [2.45, 2.75) is 83.4 Å². The molecule has 0 bridgehead atoms. The number of aryl methyl sites for hydroxylation is 1. The van der Waals surface area contributed by atoms with E-state index in [2.05, 4.69) is 56.5 Å². The second-order valence-electron chi connectivity index (χ2n) is 11.0. The molecule has 1 saturated heterocycles. The fourth-order valence-electron chi connectivity index (χ4n) is 4.86. The van der Waals surface area contributed by atoms with Crippen molar-refractivity contribution in [3.63, 3.8) is 0 Å². The number of ether oxygens (including phenoxy) is 1. The SMILES string of the molecule is CCc1cc(C(C)(C)C)cc(C2(NCC(O)C(Cc3cc(F)cc(F)c3)NC(C)=O)CCOCC2)c1. The summed E-state index contributed by atoms with van der Waals surface area (Å²) < 4.78 is 33.1. The summed E-state index contributed by atoms with van der Waals surface area (Å²) in [4.78, 5) is 11.9. The number of hydrogen-bond acceptors (Lipinski definition) is 4. The number of carbonyl (C=O) groups is 1. The van der Waals surface area contributed by atoms with E-state index in [1.807, 2.05) is 0 Å². The number of aliphatic hydroxyl groups is 1. The topological polar surface area (TPSA) is 70.6 Å². The number of nitrogens with one attached hydrogen (secondary N) is 2. The van der Waals surface area contributed by atoms with Crippen molar-refractivity contribution < 1.29 is 23.4 Å². The van der Waals surface area contributed by atoms with Crippen molar-refractivity contribution >= 4 is 5.91 Å². The standard InChI is InChI=1S/C29H40F2N2O3/c1-6-20-11-22(28(3,4)5)16-23(12-20)29(7-9-36-10-8-29)32-18-27(35)26(33-19(2)34)15-21-13-24(30)17-25(31)14-21/h11-14,16-17,26-27,32,35H,6-10,15,18H2,1-5H3,(H,33,34). The monoisotopic (exact) mass is 502 g/mol. The molecule has 1 amide bonds. The van der Waals surface area contributed by atoms with Crippen LogP contribution in [-0.2, 0) is 33.3 Å². The van der Waals surface area contributed by atoms with Crippen molar-refractivity contribution in [1.29, 1.82) is 0 Å². The van der Waals surface area contributed by atoms with E-state index in [4.69, 9.17) is 4.74 Å². The van der Waals surface area contributed by atoms with Crippen molar-refractivity contribution in [2.24, 2.45) is 0 Å². The number of benzene rings is 2. The van der Waals surface area contributed by atoms with E-state index in [1.54, 1.807) is 0 Å². The third-order valence-electron chi connectivity index (χ3n) is 7.05. The normalized spacial score (nSPS) is 17.4. The summed E-state index contributed by atoms with van der Waals surface area (Å²) in [6.07, 6.45) is 1.54. The maximum Gasteiger partial charge on any atom is 0.217 e. The Balaban J connectivity index is 1.86. The lowest BCUT2D eigenvalue weighted by atomic mass is 9.77. The lowest BCUT2D eigenvalue weighted by Gasteiger charge is -2.41. The molecule has 198 valence electrons. The largest absolute Gasteiger partial charge is 0.390 e. The molecule has 2 aromatic carbocycles. The van der Waals surface area contributed by atoms with Crippen molar-refractivity contribution in [1.82, 2.24) is 10.6 Å². The summed E-state index contributed by atoms with van der Waals surface area (Å²) in [6.45, 7) is 11.5. The van der Waals surface area contributed by atoms with Crippen LogP contribution in [0.15, 0.2) is 36.4 Å². The molecular weight excluding hydrogens is 462 g/mol. The third-order valence-corrected chi connectivity index (χ3v) is 7.05. The first kappa shape index (κ1) is 28.2. The molecule has 1 fully saturated rings. The second-order valence-corrected chi connectivity index (χ2v) is 11.0. The van der Waals surface area contributed by atoms with Gasteiger partial charge in [-0.1, -0.05) is 45.9 Å². The van der Waals surface area contributed by atoms with Crippen LogP contribution in [0.5, 0.6) is 0 Å². The molecule has 0 aromatic heterocycles. The highest BCUT2D eigenvalue weighted by molar-refractivity contribution is 5.73. The van der Waals surface area contributed by atoms with Crippen molar-refractivity contribution in [3.8, 4) is 0 Å². The van der Waals surface area contributed by atoms with Crippen LogP contribution in [0.2, 0.25) is 0 Å². The molecule has 1 aliphatic heterocycles. The van der Waals surface area contributed by atoms with Crippen molar-refractivity contribution in [3.05, 3.63) is 70.3 Å². The van der Waals surface area contributed by atoms with Crippen LogP contribution in [0.1, 0.15) is 69.7 Å². The number of aliphatic hydroxyl groups excluding tert-OH is 1. The van der Waals surface area contributed by atoms with Gasteiger partial charge in [-0.25, -0.2) is 8.78 Å². The van der Waals surface area contributed by atoms with E-state index in [0.717, 1.165) is 25.3 Å². The summed E-state index contributed by atoms with van der Waals surface area (Å²) >= 11 is 0. The molecule has 1 heterocycles. The number of carbonyl (C=O) groups excluding carboxylic acids is 1. The Bertz CT molecular complexity index is 1030. The number of amides is 1. The zero-order chi connectivity index (χ0) is 26.5. The Morgan fingerprint density at radius 3 is 2.25 bits per heavy atom. The van der Waals surface area contributed by atoms with Crippen LogP contribution in [-0.4, -0.2) is 42.9 Å². The maximum absolute atomic E-state index is 13.7. The van der Waals surface area contributed by atoms with E-state index in [1.165, 1.54) is 35.7 Å². The van der Waals surface area contributed by atoms with Gasteiger partial charge in [0.1, 0.15) is 11.6 Å². The van der Waals surface area contributed by atoms with Crippen molar-refractivity contribution in [2.75, 3.05) is 19.8 Å². The lowest BCUT2D eigenvalue weighted by molar-refractivity contribution is -0.120. The van der Waals surface area contributed by atoms with E-state index >= 15 is 0 Å². The molecule has 2 atom stereocenters. The summed E-state index contributed by atoms with van der Waals surface area (Å²) in [5.41, 5.74) is 3.66. The first-order chi connectivity index (χ1) is 16.9. The van der Waals surface area contributed by atoms with Gasteiger partial charge in [-0.2, -0.15) is 0 Å². The zero-order valence-electron chi connectivity index (χ0n) is 22.1. The lowest BCUT2D eigenvalue weighted by Crippen LogP contribution is -2.54.